The molecule has 3 N–H and O–H groups in total. The monoisotopic (exact) mass is 400 g/mol. The van der Waals surface area contributed by atoms with Crippen LogP contribution >= 0.6 is 0 Å². The second-order valence-electron chi connectivity index (χ2n) is 6.89. The van der Waals surface area contributed by atoms with Crippen molar-refractivity contribution in [3.8, 4) is 16.9 Å². The predicted molar refractivity (Wildman–Crippen MR) is 114 cm³/mol. The first-order chi connectivity index (χ1) is 14.6. The molecule has 0 radical (unpaired) electrons. The Kier molecular flexibility index (Phi) is 3.92. The molecule has 0 spiro atoms. The van der Waals surface area contributed by atoms with E-state index in [4.69, 9.17) is 4.74 Å². The van der Waals surface area contributed by atoms with Gasteiger partial charge in [-0.3, -0.25) is 14.9 Å². The molecule has 1 amide bonds. The summed E-state index contributed by atoms with van der Waals surface area (Å²) in [6, 6.07) is 12.2. The lowest BCUT2D eigenvalue weighted by molar-refractivity contribution is -0.384. The van der Waals surface area contributed by atoms with Gasteiger partial charge in [-0.2, -0.15) is 0 Å². The van der Waals surface area contributed by atoms with Gasteiger partial charge < -0.3 is 20.0 Å². The Balaban J connectivity index is 1.80. The Bertz CT molecular complexity index is 1360. The highest BCUT2D eigenvalue weighted by Crippen LogP contribution is 2.45. The summed E-state index contributed by atoms with van der Waals surface area (Å²) in [6.45, 7) is 0. The second kappa shape index (κ2) is 6.63. The van der Waals surface area contributed by atoms with Crippen LogP contribution in [0.15, 0.2) is 54.9 Å². The molecular formula is C22H16N4O4. The van der Waals surface area contributed by atoms with Gasteiger partial charge in [-0.05, 0) is 41.3 Å². The van der Waals surface area contributed by atoms with Crippen LogP contribution in [0.2, 0.25) is 0 Å². The zero-order chi connectivity index (χ0) is 20.8. The highest BCUT2D eigenvalue weighted by molar-refractivity contribution is 6.36. The second-order valence-corrected chi connectivity index (χ2v) is 6.89. The van der Waals surface area contributed by atoms with Gasteiger partial charge in [0.1, 0.15) is 5.75 Å². The molecule has 0 atom stereocenters. The zero-order valence-electron chi connectivity index (χ0n) is 15.9. The number of hydrogen-bond acceptors (Lipinski definition) is 4. The lowest BCUT2D eigenvalue weighted by atomic mass is 9.92. The minimum absolute atomic E-state index is 0.0690. The predicted octanol–water partition coefficient (Wildman–Crippen LogP) is 4.57. The van der Waals surface area contributed by atoms with Crippen LogP contribution in [0.4, 0.5) is 11.4 Å². The van der Waals surface area contributed by atoms with Crippen LogP contribution < -0.4 is 10.1 Å². The number of nitrogens with zero attached hydrogens (tertiary/aromatic N) is 1. The number of methoxy groups -OCH3 is 1. The number of hydrogen-bond donors (Lipinski definition) is 3. The number of anilines is 1. The van der Waals surface area contributed by atoms with Gasteiger partial charge in [0.05, 0.1) is 34.6 Å². The fourth-order valence-electron chi connectivity index (χ4n) is 3.87. The van der Waals surface area contributed by atoms with E-state index in [9.17, 15) is 14.9 Å². The average molecular weight is 400 g/mol. The molecule has 0 saturated carbocycles. The maximum atomic E-state index is 12.8. The Morgan fingerprint density at radius 1 is 1.03 bits per heavy atom. The first-order valence-electron chi connectivity index (χ1n) is 9.20. The molecule has 0 saturated heterocycles. The van der Waals surface area contributed by atoms with E-state index in [-0.39, 0.29) is 11.6 Å². The molecule has 30 heavy (non-hydrogen) atoms. The average Bonchev–Trinajstić information content (AvgIpc) is 3.45. The number of carbonyl (C=O) groups is 1. The summed E-state index contributed by atoms with van der Waals surface area (Å²) < 4.78 is 5.32. The van der Waals surface area contributed by atoms with E-state index in [2.05, 4.69) is 15.3 Å². The van der Waals surface area contributed by atoms with Gasteiger partial charge in [0.2, 0.25) is 0 Å². The highest BCUT2D eigenvalue weighted by Gasteiger charge is 2.33. The maximum Gasteiger partial charge on any atom is 0.277 e. The van der Waals surface area contributed by atoms with Crippen LogP contribution in [-0.4, -0.2) is 27.9 Å². The summed E-state index contributed by atoms with van der Waals surface area (Å²) in [5.41, 5.74) is 3.79. The molecule has 3 heterocycles. The third-order valence-electron chi connectivity index (χ3n) is 5.23. The lowest BCUT2D eigenvalue weighted by Crippen LogP contribution is -2.03. The fraction of sp³-hybridized carbons (Fsp3) is 0.0455. The Morgan fingerprint density at radius 3 is 2.67 bits per heavy atom. The molecular weight excluding hydrogens is 384 g/mol. The van der Waals surface area contributed by atoms with Gasteiger partial charge in [0.15, 0.2) is 0 Å². The number of carbonyl (C=O) groups excluding carboxylic acids is 1. The summed E-state index contributed by atoms with van der Waals surface area (Å²) in [4.78, 5) is 30.4. The summed E-state index contributed by atoms with van der Waals surface area (Å²) in [5.74, 6) is 0.243. The largest absolute Gasteiger partial charge is 0.495 e. The molecule has 2 aromatic carbocycles. The number of ether oxygens (including phenoxy) is 1. The number of rotatable bonds is 4. The van der Waals surface area contributed by atoms with Crippen molar-refractivity contribution in [3.05, 3.63) is 76.2 Å². The third-order valence-corrected chi connectivity index (χ3v) is 5.23. The maximum absolute atomic E-state index is 12.8. The van der Waals surface area contributed by atoms with Crippen LogP contribution in [0, 0.1) is 10.1 Å². The van der Waals surface area contributed by atoms with E-state index >= 15 is 0 Å². The van der Waals surface area contributed by atoms with Gasteiger partial charge in [-0.1, -0.05) is 12.1 Å². The molecule has 0 aliphatic carbocycles. The molecule has 0 fully saturated rings. The first kappa shape index (κ1) is 17.7. The fourth-order valence-corrected chi connectivity index (χ4v) is 3.87. The summed E-state index contributed by atoms with van der Waals surface area (Å²) in [6.07, 6.45) is 5.17. The van der Waals surface area contributed by atoms with Crippen LogP contribution in [0.3, 0.4) is 0 Å². The number of benzene rings is 2. The van der Waals surface area contributed by atoms with Gasteiger partial charge >= 0.3 is 0 Å². The summed E-state index contributed by atoms with van der Waals surface area (Å²) >= 11 is 0. The summed E-state index contributed by atoms with van der Waals surface area (Å²) in [5, 5.41) is 15.7. The number of nitro groups is 1. The first-order valence-corrected chi connectivity index (χ1v) is 9.20. The number of aromatic amines is 2. The van der Waals surface area contributed by atoms with Crippen LogP contribution in [0.5, 0.6) is 5.75 Å². The van der Waals surface area contributed by atoms with E-state index in [0.29, 0.717) is 39.4 Å². The van der Waals surface area contributed by atoms with Gasteiger partial charge in [0, 0.05) is 29.5 Å². The number of amides is 1. The smallest absolute Gasteiger partial charge is 0.277 e. The standard InChI is InChI=1S/C22H16N4O4/c1-30-19-7-9-24-17(19)11-14-21-15(25-22(14)27)4-5-18(26(28)29)20(21)13-3-2-12-6-8-23-16(12)10-13/h2-11,23-24H,1H3,(H,25,27). The highest BCUT2D eigenvalue weighted by atomic mass is 16.6. The van der Waals surface area contributed by atoms with E-state index < -0.39 is 4.92 Å². The molecule has 1 aliphatic heterocycles. The van der Waals surface area contributed by atoms with Crippen LogP contribution in [0.25, 0.3) is 33.7 Å². The molecule has 2 aromatic heterocycles. The number of fused-ring (bicyclic) bond motifs is 2. The van der Waals surface area contributed by atoms with E-state index in [0.717, 1.165) is 10.9 Å². The SMILES string of the molecule is COc1cc[nH]c1C=C1C(=O)Nc2ccc([N+](=O)[O-])c(-c3ccc4cc[nH]c4c3)c21. The quantitative estimate of drug-likeness (QED) is 0.264. The van der Waals surface area contributed by atoms with Crippen molar-refractivity contribution < 1.29 is 14.5 Å². The topological polar surface area (TPSA) is 113 Å². The minimum Gasteiger partial charge on any atom is -0.495 e. The van der Waals surface area contributed by atoms with Crippen LogP contribution in [0.1, 0.15) is 11.3 Å². The molecule has 8 heteroatoms. The Morgan fingerprint density at radius 2 is 1.87 bits per heavy atom. The van der Waals surface area contributed by atoms with Gasteiger partial charge in [0.25, 0.3) is 11.6 Å². The molecule has 1 aliphatic rings. The van der Waals surface area contributed by atoms with Crippen molar-refractivity contribution in [2.75, 3.05) is 12.4 Å². The Hall–Kier alpha value is -4.33. The number of H-pyrrole nitrogens is 2. The molecule has 148 valence electrons. The summed E-state index contributed by atoms with van der Waals surface area (Å²) in [7, 11) is 1.54. The minimum atomic E-state index is -0.426. The number of nitrogens with one attached hydrogen (secondary N) is 3. The van der Waals surface area contributed by atoms with Crippen molar-refractivity contribution in [1.82, 2.24) is 9.97 Å². The lowest BCUT2D eigenvalue weighted by Gasteiger charge is -2.10. The molecule has 8 nitrogen and oxygen atoms in total. The van der Waals surface area contributed by atoms with Crippen LogP contribution in [-0.2, 0) is 4.79 Å². The normalized spacial score (nSPS) is 14.2. The number of aromatic nitrogens is 2. The number of nitro benzene ring substituents is 1. The molecule has 4 aromatic rings. The van der Waals surface area contributed by atoms with Crippen molar-refractivity contribution in [2.45, 2.75) is 0 Å². The van der Waals surface area contributed by atoms with Gasteiger partial charge in [-0.25, -0.2) is 0 Å². The Labute approximate surface area is 170 Å². The molecule has 0 unspecified atom stereocenters. The van der Waals surface area contributed by atoms with E-state index in [1.807, 2.05) is 30.5 Å². The van der Waals surface area contributed by atoms with E-state index in [1.54, 1.807) is 24.4 Å². The van der Waals surface area contributed by atoms with Crippen molar-refractivity contribution >= 4 is 39.8 Å². The van der Waals surface area contributed by atoms with E-state index in [1.165, 1.54) is 13.2 Å². The zero-order valence-corrected chi connectivity index (χ0v) is 15.9. The molecule has 5 rings (SSSR count). The van der Waals surface area contributed by atoms with Crippen molar-refractivity contribution in [2.24, 2.45) is 0 Å². The van der Waals surface area contributed by atoms with Crippen molar-refractivity contribution in [3.63, 3.8) is 0 Å². The molecule has 0 bridgehead atoms. The third kappa shape index (κ3) is 2.66. The van der Waals surface area contributed by atoms with Gasteiger partial charge in [-0.15, -0.1) is 0 Å². The van der Waals surface area contributed by atoms with Crippen molar-refractivity contribution in [1.29, 1.82) is 0 Å².